The van der Waals surface area contributed by atoms with Crippen LogP contribution in [-0.4, -0.2) is 20.4 Å². The van der Waals surface area contributed by atoms with E-state index in [9.17, 15) is 22.0 Å². The van der Waals surface area contributed by atoms with Gasteiger partial charge in [0, 0.05) is 11.1 Å². The summed E-state index contributed by atoms with van der Waals surface area (Å²) in [7, 11) is -4.15. The molecule has 2 aromatic rings. The predicted octanol–water partition coefficient (Wildman–Crippen LogP) is 3.58. The van der Waals surface area contributed by atoms with Crippen LogP contribution in [0, 0.1) is 11.6 Å². The molecule has 0 radical (unpaired) electrons. The largest absolute Gasteiger partial charge is 0.322 e. The lowest BCUT2D eigenvalue weighted by Gasteiger charge is -2.15. The number of carbonyl (C=O) groups is 1. The van der Waals surface area contributed by atoms with Crippen molar-refractivity contribution in [1.29, 1.82) is 0 Å². The molecule has 1 amide bonds. The SMILES string of the molecule is C[C@@H](NS(=O)(=O)c1cc(Cl)ccc1Cl)C(=O)Nc1ccc(F)cc1F. The fourth-order valence-corrected chi connectivity index (χ4v) is 3.83. The van der Waals surface area contributed by atoms with Crippen LogP contribution >= 0.6 is 23.2 Å². The molecule has 0 unspecified atom stereocenters. The first-order chi connectivity index (χ1) is 11.6. The molecule has 10 heteroatoms. The number of hydrogen-bond donors (Lipinski definition) is 2. The molecule has 0 bridgehead atoms. The number of hydrogen-bond acceptors (Lipinski definition) is 3. The number of carbonyl (C=O) groups excluding carboxylic acids is 1. The van der Waals surface area contributed by atoms with Gasteiger partial charge in [-0.25, -0.2) is 17.2 Å². The van der Waals surface area contributed by atoms with Crippen LogP contribution in [0.2, 0.25) is 10.0 Å². The molecule has 0 heterocycles. The van der Waals surface area contributed by atoms with Gasteiger partial charge in [-0.05, 0) is 37.3 Å². The zero-order valence-corrected chi connectivity index (χ0v) is 15.0. The van der Waals surface area contributed by atoms with Crippen LogP contribution in [0.1, 0.15) is 6.92 Å². The van der Waals surface area contributed by atoms with Crippen LogP contribution in [0.5, 0.6) is 0 Å². The van der Waals surface area contributed by atoms with Crippen molar-refractivity contribution in [1.82, 2.24) is 4.72 Å². The van der Waals surface area contributed by atoms with Crippen LogP contribution < -0.4 is 10.0 Å². The van der Waals surface area contributed by atoms with Crippen molar-refractivity contribution in [3.63, 3.8) is 0 Å². The smallest absolute Gasteiger partial charge is 0.242 e. The van der Waals surface area contributed by atoms with E-state index in [-0.39, 0.29) is 20.6 Å². The highest BCUT2D eigenvalue weighted by atomic mass is 35.5. The maximum Gasteiger partial charge on any atom is 0.242 e. The molecule has 0 spiro atoms. The predicted molar refractivity (Wildman–Crippen MR) is 91.2 cm³/mol. The van der Waals surface area contributed by atoms with Crippen LogP contribution in [0.25, 0.3) is 0 Å². The summed E-state index contributed by atoms with van der Waals surface area (Å²) in [5.74, 6) is -2.63. The first-order valence-corrected chi connectivity index (χ1v) is 9.07. The highest BCUT2D eigenvalue weighted by molar-refractivity contribution is 7.89. The van der Waals surface area contributed by atoms with Crippen molar-refractivity contribution in [3.05, 3.63) is 58.1 Å². The summed E-state index contributed by atoms with van der Waals surface area (Å²) in [5.41, 5.74) is -0.279. The topological polar surface area (TPSA) is 75.3 Å². The number of amides is 1. The molecule has 0 aliphatic carbocycles. The Morgan fingerprint density at radius 3 is 2.44 bits per heavy atom. The first-order valence-electron chi connectivity index (χ1n) is 6.83. The van der Waals surface area contributed by atoms with E-state index >= 15 is 0 Å². The summed E-state index contributed by atoms with van der Waals surface area (Å²) in [6.45, 7) is 1.26. The van der Waals surface area contributed by atoms with E-state index in [4.69, 9.17) is 23.2 Å². The van der Waals surface area contributed by atoms with E-state index in [1.165, 1.54) is 19.1 Å². The Balaban J connectivity index is 2.16. The molecule has 25 heavy (non-hydrogen) atoms. The quantitative estimate of drug-likeness (QED) is 0.793. The number of sulfonamides is 1. The van der Waals surface area contributed by atoms with Gasteiger partial charge in [-0.3, -0.25) is 4.79 Å². The van der Waals surface area contributed by atoms with E-state index in [2.05, 4.69) is 10.0 Å². The summed E-state index contributed by atoms with van der Waals surface area (Å²) >= 11 is 11.6. The van der Waals surface area contributed by atoms with Crippen molar-refractivity contribution in [2.24, 2.45) is 0 Å². The number of rotatable bonds is 5. The second kappa shape index (κ2) is 7.65. The van der Waals surface area contributed by atoms with Gasteiger partial charge < -0.3 is 5.32 Å². The molecule has 0 saturated carbocycles. The van der Waals surface area contributed by atoms with E-state index < -0.39 is 33.6 Å². The van der Waals surface area contributed by atoms with Crippen LogP contribution in [0.15, 0.2) is 41.3 Å². The molecule has 2 aromatic carbocycles. The van der Waals surface area contributed by atoms with Gasteiger partial charge in [-0.2, -0.15) is 4.72 Å². The Hall–Kier alpha value is -1.74. The summed E-state index contributed by atoms with van der Waals surface area (Å²) in [4.78, 5) is 11.8. The zero-order valence-electron chi connectivity index (χ0n) is 12.7. The number of halogens is 4. The second-order valence-corrected chi connectivity index (χ2v) is 7.56. The maximum absolute atomic E-state index is 13.5. The van der Waals surface area contributed by atoms with E-state index in [1.807, 2.05) is 0 Å². The molecule has 0 aliphatic rings. The molecule has 1 atom stereocenters. The third-order valence-electron chi connectivity index (χ3n) is 3.10. The van der Waals surface area contributed by atoms with Gasteiger partial charge in [0.25, 0.3) is 0 Å². The summed E-state index contributed by atoms with van der Waals surface area (Å²) in [6.07, 6.45) is 0. The summed E-state index contributed by atoms with van der Waals surface area (Å²) in [5, 5.41) is 2.24. The van der Waals surface area contributed by atoms with Crippen molar-refractivity contribution in [2.75, 3.05) is 5.32 Å². The molecule has 0 fully saturated rings. The number of anilines is 1. The maximum atomic E-state index is 13.5. The minimum atomic E-state index is -4.15. The van der Waals surface area contributed by atoms with Crippen LogP contribution in [0.3, 0.4) is 0 Å². The van der Waals surface area contributed by atoms with Crippen LogP contribution in [-0.2, 0) is 14.8 Å². The third-order valence-corrected chi connectivity index (χ3v) is 5.35. The van der Waals surface area contributed by atoms with Gasteiger partial charge in [0.15, 0.2) is 0 Å². The molecular formula is C15H12Cl2F2N2O3S. The first kappa shape index (κ1) is 19.6. The van der Waals surface area contributed by atoms with Crippen molar-refractivity contribution < 1.29 is 22.0 Å². The van der Waals surface area contributed by atoms with E-state index in [0.717, 1.165) is 18.2 Å². The molecule has 5 nitrogen and oxygen atoms in total. The monoisotopic (exact) mass is 408 g/mol. The molecule has 0 aliphatic heterocycles. The molecule has 134 valence electrons. The fourth-order valence-electron chi connectivity index (χ4n) is 1.86. The zero-order chi connectivity index (χ0) is 18.8. The normalized spacial score (nSPS) is 12.7. The van der Waals surface area contributed by atoms with Gasteiger partial charge >= 0.3 is 0 Å². The van der Waals surface area contributed by atoms with Gasteiger partial charge in [-0.15, -0.1) is 0 Å². The highest BCUT2D eigenvalue weighted by Crippen LogP contribution is 2.25. The third kappa shape index (κ3) is 4.88. The molecule has 2 rings (SSSR count). The lowest BCUT2D eigenvalue weighted by atomic mass is 10.2. The average Bonchev–Trinajstić information content (AvgIpc) is 2.51. The number of benzene rings is 2. The van der Waals surface area contributed by atoms with Gasteiger partial charge in [-0.1, -0.05) is 23.2 Å². The second-order valence-electron chi connectivity index (χ2n) is 5.03. The Morgan fingerprint density at radius 2 is 1.80 bits per heavy atom. The Kier molecular flexibility index (Phi) is 5.99. The van der Waals surface area contributed by atoms with E-state index in [0.29, 0.717) is 6.07 Å². The van der Waals surface area contributed by atoms with Gasteiger partial charge in [0.1, 0.15) is 16.5 Å². The highest BCUT2D eigenvalue weighted by Gasteiger charge is 2.25. The lowest BCUT2D eigenvalue weighted by molar-refractivity contribution is -0.117. The average molecular weight is 409 g/mol. The molecule has 2 N–H and O–H groups in total. The van der Waals surface area contributed by atoms with Crippen LogP contribution in [0.4, 0.5) is 14.5 Å². The Morgan fingerprint density at radius 1 is 1.12 bits per heavy atom. The number of nitrogens with one attached hydrogen (secondary N) is 2. The minimum Gasteiger partial charge on any atom is -0.322 e. The van der Waals surface area contributed by atoms with Gasteiger partial charge in [0.05, 0.1) is 16.8 Å². The fraction of sp³-hybridized carbons (Fsp3) is 0.133. The summed E-state index contributed by atoms with van der Waals surface area (Å²) in [6, 6.07) is 5.17. The standard InChI is InChI=1S/C15H12Cl2F2N2O3S/c1-8(15(22)20-13-5-3-10(18)7-12(13)19)21-25(23,24)14-6-9(16)2-4-11(14)17/h2-8,21H,1H3,(H,20,22)/t8-/m1/s1. The van der Waals surface area contributed by atoms with Crippen molar-refractivity contribution in [2.45, 2.75) is 17.9 Å². The summed E-state index contributed by atoms with van der Waals surface area (Å²) < 4.78 is 53.2. The van der Waals surface area contributed by atoms with Gasteiger partial charge in [0.2, 0.25) is 15.9 Å². The minimum absolute atomic E-state index is 0.0749. The Bertz CT molecular complexity index is 923. The molecular weight excluding hydrogens is 397 g/mol. The molecule has 0 aromatic heterocycles. The van der Waals surface area contributed by atoms with Crippen molar-refractivity contribution >= 4 is 44.8 Å². The van der Waals surface area contributed by atoms with E-state index in [1.54, 1.807) is 0 Å². The molecule has 0 saturated heterocycles. The lowest BCUT2D eigenvalue weighted by Crippen LogP contribution is -2.41. The van der Waals surface area contributed by atoms with Crippen molar-refractivity contribution in [3.8, 4) is 0 Å². The Labute approximate surface area is 153 Å².